The van der Waals surface area contributed by atoms with E-state index < -0.39 is 0 Å². The third kappa shape index (κ3) is 2.51. The molecular formula is C16H18N4OS. The number of hydrogen-bond donors (Lipinski definition) is 1. The number of rotatable bonds is 1. The highest BCUT2D eigenvalue weighted by Gasteiger charge is 2.33. The fourth-order valence-corrected chi connectivity index (χ4v) is 4.58. The first kappa shape index (κ1) is 13.8. The quantitative estimate of drug-likeness (QED) is 0.864. The molecule has 3 aliphatic rings. The van der Waals surface area contributed by atoms with E-state index in [0.717, 1.165) is 29.3 Å². The highest BCUT2D eigenvalue weighted by atomic mass is 32.1. The lowest BCUT2D eigenvalue weighted by molar-refractivity contribution is 0.187. The van der Waals surface area contributed by atoms with Gasteiger partial charge in [0.15, 0.2) is 0 Å². The topological polar surface area (TPSA) is 59.4 Å². The summed E-state index contributed by atoms with van der Waals surface area (Å²) < 4.78 is 0. The van der Waals surface area contributed by atoms with Crippen LogP contribution in [0.4, 0.5) is 4.79 Å². The van der Waals surface area contributed by atoms with Gasteiger partial charge in [-0.1, -0.05) is 0 Å². The number of carbonyl (C=O) groups is 1. The van der Waals surface area contributed by atoms with Crippen LogP contribution in [0.1, 0.15) is 28.2 Å². The number of piperidine rings is 1. The molecule has 2 amide bonds. The van der Waals surface area contributed by atoms with Gasteiger partial charge in [0.25, 0.3) is 0 Å². The molecule has 114 valence electrons. The number of urea groups is 1. The van der Waals surface area contributed by atoms with E-state index in [2.05, 4.69) is 16.3 Å². The second-order valence-corrected chi connectivity index (χ2v) is 7.44. The number of nitriles is 1. The number of fused-ring (bicyclic) bond motifs is 3. The van der Waals surface area contributed by atoms with E-state index in [9.17, 15) is 4.79 Å². The Morgan fingerprint density at radius 3 is 3.18 bits per heavy atom. The number of thiophene rings is 1. The average Bonchev–Trinajstić information content (AvgIpc) is 3.09. The molecule has 2 bridgehead atoms. The van der Waals surface area contributed by atoms with Crippen molar-refractivity contribution >= 4 is 23.4 Å². The maximum absolute atomic E-state index is 12.5. The molecule has 0 radical (unpaired) electrons. The van der Waals surface area contributed by atoms with E-state index in [1.54, 1.807) is 4.90 Å². The fourth-order valence-electron chi connectivity index (χ4n) is 3.72. The summed E-state index contributed by atoms with van der Waals surface area (Å²) >= 11 is 1.48. The van der Waals surface area contributed by atoms with Crippen LogP contribution in [0.25, 0.3) is 6.08 Å². The van der Waals surface area contributed by atoms with Gasteiger partial charge < -0.3 is 10.2 Å². The first-order valence-electron chi connectivity index (χ1n) is 7.72. The summed E-state index contributed by atoms with van der Waals surface area (Å²) in [5.74, 6) is 0.748. The minimum absolute atomic E-state index is 0.0286. The summed E-state index contributed by atoms with van der Waals surface area (Å²) in [6.07, 6.45) is 6.12. The van der Waals surface area contributed by atoms with Crippen molar-refractivity contribution in [1.29, 1.82) is 5.26 Å². The van der Waals surface area contributed by atoms with Gasteiger partial charge in [-0.15, -0.1) is 11.3 Å². The predicted octanol–water partition coefficient (Wildman–Crippen LogP) is 2.21. The van der Waals surface area contributed by atoms with E-state index in [1.165, 1.54) is 30.8 Å². The number of amides is 2. The van der Waals surface area contributed by atoms with E-state index in [1.807, 2.05) is 18.3 Å². The van der Waals surface area contributed by atoms with E-state index in [4.69, 9.17) is 5.26 Å². The van der Waals surface area contributed by atoms with Crippen LogP contribution in [0.2, 0.25) is 0 Å². The van der Waals surface area contributed by atoms with Crippen molar-refractivity contribution in [2.24, 2.45) is 5.92 Å². The second kappa shape index (κ2) is 5.41. The molecule has 4 heterocycles. The summed E-state index contributed by atoms with van der Waals surface area (Å²) in [4.78, 5) is 18.4. The van der Waals surface area contributed by atoms with Gasteiger partial charge in [0.2, 0.25) is 0 Å². The molecule has 0 spiro atoms. The molecule has 2 saturated heterocycles. The molecule has 6 heteroatoms. The van der Waals surface area contributed by atoms with Crippen molar-refractivity contribution < 1.29 is 4.79 Å². The Hall–Kier alpha value is -1.84. The Bertz CT molecular complexity index is 662. The zero-order valence-electron chi connectivity index (χ0n) is 12.3. The van der Waals surface area contributed by atoms with Crippen molar-refractivity contribution in [1.82, 2.24) is 15.1 Å². The Morgan fingerprint density at radius 1 is 1.45 bits per heavy atom. The summed E-state index contributed by atoms with van der Waals surface area (Å²) in [5.41, 5.74) is 1.06. The van der Waals surface area contributed by atoms with E-state index >= 15 is 0 Å². The van der Waals surface area contributed by atoms with Crippen molar-refractivity contribution in [3.63, 3.8) is 0 Å². The van der Waals surface area contributed by atoms with Crippen molar-refractivity contribution in [3.05, 3.63) is 27.6 Å². The number of hydrogen-bond acceptors (Lipinski definition) is 4. The Balaban J connectivity index is 1.40. The maximum atomic E-state index is 12.5. The SMILES string of the molecule is N#Cc1cc2c(s1)C=CN(C(=O)N[C@@H]1C[C@@H]3CCN(C3)C1)C2. The minimum atomic E-state index is -0.0286. The largest absolute Gasteiger partial charge is 0.334 e. The number of nitrogens with one attached hydrogen (secondary N) is 1. The van der Waals surface area contributed by atoms with Gasteiger partial charge in [-0.2, -0.15) is 5.26 Å². The lowest BCUT2D eigenvalue weighted by atomic mass is 9.97. The molecule has 1 unspecified atom stereocenters. The fraction of sp³-hybridized carbons (Fsp3) is 0.500. The van der Waals surface area contributed by atoms with Gasteiger partial charge >= 0.3 is 6.03 Å². The molecule has 0 saturated carbocycles. The van der Waals surface area contributed by atoms with E-state index in [0.29, 0.717) is 11.4 Å². The molecule has 0 aromatic carbocycles. The van der Waals surface area contributed by atoms with Crippen LogP contribution < -0.4 is 5.32 Å². The lowest BCUT2D eigenvalue weighted by Crippen LogP contribution is -2.50. The van der Waals surface area contributed by atoms with Gasteiger partial charge in [0.05, 0.1) is 6.54 Å². The van der Waals surface area contributed by atoms with Crippen LogP contribution in [-0.4, -0.2) is 41.5 Å². The van der Waals surface area contributed by atoms with Crippen LogP contribution in [0.3, 0.4) is 0 Å². The molecule has 22 heavy (non-hydrogen) atoms. The predicted molar refractivity (Wildman–Crippen MR) is 85.1 cm³/mol. The molecule has 3 atom stereocenters. The van der Waals surface area contributed by atoms with Crippen LogP contribution in [0.15, 0.2) is 12.3 Å². The zero-order valence-corrected chi connectivity index (χ0v) is 13.1. The highest BCUT2D eigenvalue weighted by Crippen LogP contribution is 2.29. The lowest BCUT2D eigenvalue weighted by Gasteiger charge is -2.32. The maximum Gasteiger partial charge on any atom is 0.321 e. The van der Waals surface area contributed by atoms with Crippen LogP contribution in [-0.2, 0) is 6.54 Å². The molecule has 0 aliphatic carbocycles. The summed E-state index contributed by atoms with van der Waals surface area (Å²) in [6, 6.07) is 4.29. The molecular weight excluding hydrogens is 296 g/mol. The first-order chi connectivity index (χ1) is 10.7. The summed E-state index contributed by atoms with van der Waals surface area (Å²) in [7, 11) is 0. The van der Waals surface area contributed by atoms with Crippen molar-refractivity contribution in [2.75, 3.05) is 19.6 Å². The first-order valence-corrected chi connectivity index (χ1v) is 8.53. The Kier molecular flexibility index (Phi) is 3.40. The summed E-state index contributed by atoms with van der Waals surface area (Å²) in [6.45, 7) is 3.90. The summed E-state index contributed by atoms with van der Waals surface area (Å²) in [5, 5.41) is 12.1. The van der Waals surface area contributed by atoms with Gasteiger partial charge in [0, 0.05) is 30.2 Å². The molecule has 2 fully saturated rings. The second-order valence-electron chi connectivity index (χ2n) is 6.35. The van der Waals surface area contributed by atoms with Crippen molar-refractivity contribution in [2.45, 2.75) is 25.4 Å². The molecule has 5 nitrogen and oxygen atoms in total. The molecule has 1 aromatic rings. The average molecular weight is 314 g/mol. The molecule has 4 rings (SSSR count). The molecule has 3 aliphatic heterocycles. The smallest absolute Gasteiger partial charge is 0.321 e. The molecule has 1 aromatic heterocycles. The number of nitrogens with zero attached hydrogens (tertiary/aromatic N) is 3. The third-order valence-electron chi connectivity index (χ3n) is 4.75. The Morgan fingerprint density at radius 2 is 2.36 bits per heavy atom. The van der Waals surface area contributed by atoms with Gasteiger partial charge in [-0.05, 0) is 43.0 Å². The Labute approximate surface area is 133 Å². The van der Waals surface area contributed by atoms with Crippen LogP contribution >= 0.6 is 11.3 Å². The normalized spacial score (nSPS) is 29.0. The number of carbonyl (C=O) groups excluding carboxylic acids is 1. The van der Waals surface area contributed by atoms with Gasteiger partial charge in [-0.3, -0.25) is 4.90 Å². The zero-order chi connectivity index (χ0) is 15.1. The monoisotopic (exact) mass is 314 g/mol. The van der Waals surface area contributed by atoms with Crippen LogP contribution in [0, 0.1) is 17.2 Å². The van der Waals surface area contributed by atoms with Crippen molar-refractivity contribution in [3.8, 4) is 6.07 Å². The highest BCUT2D eigenvalue weighted by molar-refractivity contribution is 7.13. The van der Waals surface area contributed by atoms with E-state index in [-0.39, 0.29) is 12.1 Å². The standard InChI is InChI=1S/C16H18N4OS/c17-7-14-6-12-9-20(4-2-15(12)22-14)16(21)18-13-5-11-1-3-19(8-11)10-13/h2,4,6,11,13H,1,3,5,8-10H2,(H,18,21)/t11-,13+/m0/s1. The third-order valence-corrected chi connectivity index (χ3v) is 5.80. The van der Waals surface area contributed by atoms with Gasteiger partial charge in [-0.25, -0.2) is 4.79 Å². The van der Waals surface area contributed by atoms with Crippen LogP contribution in [0.5, 0.6) is 0 Å². The molecule has 1 N–H and O–H groups in total. The minimum Gasteiger partial charge on any atom is -0.334 e. The van der Waals surface area contributed by atoms with Gasteiger partial charge in [0.1, 0.15) is 10.9 Å².